The number of carbonyl (C=O) groups excluding carboxylic acids is 2. The number of hydrogen-bond donors (Lipinski definition) is 1. The molecule has 2 aromatic carbocycles. The molecule has 0 saturated carbocycles. The van der Waals surface area contributed by atoms with Crippen molar-refractivity contribution in [2.45, 2.75) is 20.4 Å². The fraction of sp³-hybridized carbons (Fsp3) is 0.143. The van der Waals surface area contributed by atoms with Gasteiger partial charge in [0.25, 0.3) is 11.7 Å². The zero-order valence-corrected chi connectivity index (χ0v) is 15.4. The van der Waals surface area contributed by atoms with Gasteiger partial charge in [0, 0.05) is 23.5 Å². The van der Waals surface area contributed by atoms with E-state index >= 15 is 0 Å². The van der Waals surface area contributed by atoms with Crippen LogP contribution in [0.15, 0.2) is 60.8 Å². The Morgan fingerprint density at radius 1 is 1.04 bits per heavy atom. The van der Waals surface area contributed by atoms with Gasteiger partial charge in [0.2, 0.25) is 0 Å². The van der Waals surface area contributed by atoms with E-state index in [0.29, 0.717) is 22.9 Å². The molecule has 1 amide bonds. The molecule has 3 aromatic rings. The molecule has 4 nitrogen and oxygen atoms in total. The van der Waals surface area contributed by atoms with Gasteiger partial charge in [-0.2, -0.15) is 0 Å². The molecule has 0 aliphatic rings. The summed E-state index contributed by atoms with van der Waals surface area (Å²) in [4.78, 5) is 25.0. The van der Waals surface area contributed by atoms with Gasteiger partial charge in [0.05, 0.1) is 5.69 Å². The molecule has 5 heteroatoms. The summed E-state index contributed by atoms with van der Waals surface area (Å²) in [6.45, 7) is 4.39. The molecule has 0 bridgehead atoms. The van der Waals surface area contributed by atoms with Gasteiger partial charge in [-0.05, 0) is 49.2 Å². The summed E-state index contributed by atoms with van der Waals surface area (Å²) < 4.78 is 1.78. The minimum absolute atomic E-state index is 0.350. The predicted octanol–water partition coefficient (Wildman–Crippen LogP) is 4.63. The van der Waals surface area contributed by atoms with Crippen LogP contribution in [-0.4, -0.2) is 16.3 Å². The topological polar surface area (TPSA) is 51.1 Å². The Morgan fingerprint density at radius 3 is 2.50 bits per heavy atom. The highest BCUT2D eigenvalue weighted by atomic mass is 35.5. The standard InChI is InChI=1S/C21H19ClN2O2/c1-14-5-8-16(9-6-14)13-24-11-3-4-19(24)20(25)21(26)23-18-12-17(22)10-7-15(18)2/h3-12H,13H2,1-2H3,(H,23,26). The summed E-state index contributed by atoms with van der Waals surface area (Å²) in [6.07, 6.45) is 1.80. The third-order valence-electron chi connectivity index (χ3n) is 4.19. The van der Waals surface area contributed by atoms with Crippen LogP contribution >= 0.6 is 11.6 Å². The van der Waals surface area contributed by atoms with Crippen molar-refractivity contribution in [3.8, 4) is 0 Å². The number of Topliss-reactive ketones (excluding diaryl/α,β-unsaturated/α-hetero) is 1. The third-order valence-corrected chi connectivity index (χ3v) is 4.42. The first-order valence-corrected chi connectivity index (χ1v) is 8.64. The number of aryl methyl sites for hydroxylation is 2. The van der Waals surface area contributed by atoms with E-state index < -0.39 is 11.7 Å². The third kappa shape index (κ3) is 4.03. The van der Waals surface area contributed by atoms with Crippen LogP contribution in [0.2, 0.25) is 5.02 Å². The number of nitrogens with zero attached hydrogens (tertiary/aromatic N) is 1. The zero-order chi connectivity index (χ0) is 18.7. The Balaban J connectivity index is 1.77. The summed E-state index contributed by atoms with van der Waals surface area (Å²) in [7, 11) is 0. The van der Waals surface area contributed by atoms with E-state index in [-0.39, 0.29) is 0 Å². The first kappa shape index (κ1) is 18.0. The Morgan fingerprint density at radius 2 is 1.77 bits per heavy atom. The number of amides is 1. The van der Waals surface area contributed by atoms with Crippen molar-refractivity contribution in [2.24, 2.45) is 0 Å². The number of hydrogen-bond acceptors (Lipinski definition) is 2. The van der Waals surface area contributed by atoms with Crippen LogP contribution in [-0.2, 0) is 11.3 Å². The van der Waals surface area contributed by atoms with Crippen LogP contribution in [0, 0.1) is 13.8 Å². The average molecular weight is 367 g/mol. The summed E-state index contributed by atoms with van der Waals surface area (Å²) in [6, 6.07) is 16.7. The summed E-state index contributed by atoms with van der Waals surface area (Å²) in [5.74, 6) is -1.26. The van der Waals surface area contributed by atoms with Crippen molar-refractivity contribution in [3.05, 3.63) is 88.2 Å². The molecule has 26 heavy (non-hydrogen) atoms. The smallest absolute Gasteiger partial charge is 0.298 e. The second kappa shape index (κ2) is 7.58. The maximum Gasteiger partial charge on any atom is 0.298 e. The monoisotopic (exact) mass is 366 g/mol. The zero-order valence-electron chi connectivity index (χ0n) is 14.6. The highest BCUT2D eigenvalue weighted by Crippen LogP contribution is 2.20. The Kier molecular flexibility index (Phi) is 5.24. The molecular weight excluding hydrogens is 348 g/mol. The fourth-order valence-electron chi connectivity index (χ4n) is 2.67. The Labute approximate surface area is 157 Å². The maximum absolute atomic E-state index is 12.6. The van der Waals surface area contributed by atoms with Gasteiger partial charge in [0.1, 0.15) is 0 Å². The van der Waals surface area contributed by atoms with Crippen LogP contribution in [0.25, 0.3) is 0 Å². The number of aromatic nitrogens is 1. The molecule has 1 heterocycles. The van der Waals surface area contributed by atoms with Gasteiger partial charge in [-0.3, -0.25) is 9.59 Å². The number of benzene rings is 2. The number of halogens is 1. The predicted molar refractivity (Wildman–Crippen MR) is 104 cm³/mol. The van der Waals surface area contributed by atoms with E-state index in [0.717, 1.165) is 11.1 Å². The molecule has 0 atom stereocenters. The first-order valence-electron chi connectivity index (χ1n) is 8.26. The SMILES string of the molecule is Cc1ccc(Cn2cccc2C(=O)C(=O)Nc2cc(Cl)ccc2C)cc1. The van der Waals surface area contributed by atoms with E-state index in [9.17, 15) is 9.59 Å². The number of anilines is 1. The van der Waals surface area contributed by atoms with E-state index in [1.54, 1.807) is 41.1 Å². The average Bonchev–Trinajstić information content (AvgIpc) is 3.07. The van der Waals surface area contributed by atoms with Gasteiger partial charge in [-0.25, -0.2) is 0 Å². The van der Waals surface area contributed by atoms with E-state index in [1.165, 1.54) is 5.56 Å². The number of nitrogens with one attached hydrogen (secondary N) is 1. The largest absolute Gasteiger partial charge is 0.340 e. The van der Waals surface area contributed by atoms with E-state index in [1.807, 2.05) is 38.1 Å². The molecule has 1 aromatic heterocycles. The highest BCUT2D eigenvalue weighted by Gasteiger charge is 2.20. The molecule has 0 spiro atoms. The lowest BCUT2D eigenvalue weighted by atomic mass is 10.1. The van der Waals surface area contributed by atoms with Crippen LogP contribution in [0.4, 0.5) is 5.69 Å². The summed E-state index contributed by atoms with van der Waals surface area (Å²) >= 11 is 5.97. The van der Waals surface area contributed by atoms with E-state index in [2.05, 4.69) is 5.32 Å². The summed E-state index contributed by atoms with van der Waals surface area (Å²) in [5.41, 5.74) is 3.96. The number of rotatable bonds is 5. The molecule has 1 N–H and O–H groups in total. The Hall–Kier alpha value is -2.85. The van der Waals surface area contributed by atoms with Gasteiger partial charge in [0.15, 0.2) is 0 Å². The van der Waals surface area contributed by atoms with Crippen LogP contribution in [0.1, 0.15) is 27.2 Å². The second-order valence-electron chi connectivity index (χ2n) is 6.25. The molecule has 0 aliphatic heterocycles. The Bertz CT molecular complexity index is 958. The van der Waals surface area contributed by atoms with Crippen molar-refractivity contribution < 1.29 is 9.59 Å². The highest BCUT2D eigenvalue weighted by molar-refractivity contribution is 6.46. The van der Waals surface area contributed by atoms with Gasteiger partial charge in [-0.15, -0.1) is 0 Å². The lowest BCUT2D eigenvalue weighted by Crippen LogP contribution is -2.25. The normalized spacial score (nSPS) is 10.6. The van der Waals surface area contributed by atoms with Crippen molar-refractivity contribution in [3.63, 3.8) is 0 Å². The first-order chi connectivity index (χ1) is 12.4. The molecular formula is C21H19ClN2O2. The molecule has 0 radical (unpaired) electrons. The molecule has 132 valence electrons. The summed E-state index contributed by atoms with van der Waals surface area (Å²) in [5, 5.41) is 3.15. The van der Waals surface area contributed by atoms with Gasteiger partial charge in [-0.1, -0.05) is 47.5 Å². The quantitative estimate of drug-likeness (QED) is 0.528. The molecule has 3 rings (SSSR count). The molecule has 0 unspecified atom stereocenters. The lowest BCUT2D eigenvalue weighted by Gasteiger charge is -2.11. The van der Waals surface area contributed by atoms with Crippen molar-refractivity contribution >= 4 is 29.0 Å². The lowest BCUT2D eigenvalue weighted by molar-refractivity contribution is -0.112. The van der Waals surface area contributed by atoms with Crippen molar-refractivity contribution in [2.75, 3.05) is 5.32 Å². The van der Waals surface area contributed by atoms with Crippen LogP contribution in [0.5, 0.6) is 0 Å². The molecule has 0 fully saturated rings. The molecule has 0 saturated heterocycles. The number of carbonyl (C=O) groups is 2. The molecule has 0 aliphatic carbocycles. The van der Waals surface area contributed by atoms with Crippen molar-refractivity contribution in [1.29, 1.82) is 0 Å². The second-order valence-corrected chi connectivity index (χ2v) is 6.69. The van der Waals surface area contributed by atoms with Crippen LogP contribution in [0.3, 0.4) is 0 Å². The number of ketones is 1. The van der Waals surface area contributed by atoms with E-state index in [4.69, 9.17) is 11.6 Å². The minimum Gasteiger partial charge on any atom is -0.340 e. The maximum atomic E-state index is 12.6. The fourth-order valence-corrected chi connectivity index (χ4v) is 2.84. The van der Waals surface area contributed by atoms with Gasteiger partial charge < -0.3 is 9.88 Å². The van der Waals surface area contributed by atoms with Crippen molar-refractivity contribution in [1.82, 2.24) is 4.57 Å². The van der Waals surface area contributed by atoms with Crippen LogP contribution < -0.4 is 5.32 Å². The van der Waals surface area contributed by atoms with Gasteiger partial charge >= 0.3 is 0 Å². The minimum atomic E-state index is -0.681.